The first kappa shape index (κ1) is 15.8. The molecular formula is C20H21N3O2. The molecule has 1 saturated heterocycles. The highest BCUT2D eigenvalue weighted by molar-refractivity contribution is 5.81. The molecule has 0 unspecified atom stereocenters. The van der Waals surface area contributed by atoms with Crippen LogP contribution in [0.3, 0.4) is 0 Å². The number of carbonyl (C=O) groups is 1. The van der Waals surface area contributed by atoms with Crippen molar-refractivity contribution in [3.63, 3.8) is 0 Å². The Morgan fingerprint density at radius 2 is 1.92 bits per heavy atom. The fourth-order valence-electron chi connectivity index (χ4n) is 3.70. The number of fused-ring (bicyclic) bond motifs is 1. The second-order valence-corrected chi connectivity index (χ2v) is 6.57. The number of para-hydroxylation sites is 2. The monoisotopic (exact) mass is 335 g/mol. The number of nitrogens with zero attached hydrogens (tertiary/aromatic N) is 2. The van der Waals surface area contributed by atoms with Crippen LogP contribution in [0, 0.1) is 0 Å². The number of likely N-dealkylation sites (tertiary alicyclic amines) is 1. The first-order valence-electron chi connectivity index (χ1n) is 8.66. The van der Waals surface area contributed by atoms with Crippen LogP contribution in [-0.4, -0.2) is 28.9 Å². The Morgan fingerprint density at radius 1 is 1.16 bits per heavy atom. The van der Waals surface area contributed by atoms with Gasteiger partial charge >= 0.3 is 0 Å². The fraction of sp³-hybridized carbons (Fsp3) is 0.300. The van der Waals surface area contributed by atoms with Gasteiger partial charge in [-0.3, -0.25) is 9.69 Å². The molecule has 5 heteroatoms. The van der Waals surface area contributed by atoms with E-state index in [-0.39, 0.29) is 11.8 Å². The Balaban J connectivity index is 1.60. The zero-order chi connectivity index (χ0) is 17.2. The van der Waals surface area contributed by atoms with Crippen LogP contribution in [0.4, 0.5) is 0 Å². The summed E-state index contributed by atoms with van der Waals surface area (Å²) in [5.74, 6) is 0.610. The summed E-state index contributed by atoms with van der Waals surface area (Å²) in [6.07, 6.45) is 1.99. The number of hydrogen-bond acceptors (Lipinski definition) is 4. The molecule has 128 valence electrons. The maximum atomic E-state index is 12.1. The lowest BCUT2D eigenvalue weighted by Gasteiger charge is -2.36. The van der Waals surface area contributed by atoms with Gasteiger partial charge in [-0.15, -0.1) is 0 Å². The van der Waals surface area contributed by atoms with Gasteiger partial charge in [-0.1, -0.05) is 42.5 Å². The van der Waals surface area contributed by atoms with Crippen LogP contribution in [0.25, 0.3) is 11.1 Å². The van der Waals surface area contributed by atoms with Crippen molar-refractivity contribution in [3.8, 4) is 0 Å². The summed E-state index contributed by atoms with van der Waals surface area (Å²) in [6.45, 7) is 1.56. The Kier molecular flexibility index (Phi) is 4.24. The lowest BCUT2D eigenvalue weighted by molar-refractivity contribution is -0.124. The van der Waals surface area contributed by atoms with Crippen molar-refractivity contribution < 1.29 is 9.21 Å². The highest BCUT2D eigenvalue weighted by atomic mass is 16.3. The minimum Gasteiger partial charge on any atom is -0.440 e. The predicted octanol–water partition coefficient (Wildman–Crippen LogP) is 3.23. The van der Waals surface area contributed by atoms with Gasteiger partial charge in [-0.05, 0) is 37.1 Å². The van der Waals surface area contributed by atoms with Gasteiger partial charge in [0.25, 0.3) is 0 Å². The molecule has 0 spiro atoms. The van der Waals surface area contributed by atoms with E-state index in [9.17, 15) is 4.79 Å². The first-order chi connectivity index (χ1) is 12.2. The van der Waals surface area contributed by atoms with E-state index >= 15 is 0 Å². The molecule has 2 N–H and O–H groups in total. The molecule has 0 aliphatic carbocycles. The fourth-order valence-corrected chi connectivity index (χ4v) is 3.70. The molecule has 5 nitrogen and oxygen atoms in total. The lowest BCUT2D eigenvalue weighted by Crippen LogP contribution is -2.43. The highest BCUT2D eigenvalue weighted by Crippen LogP contribution is 2.33. The van der Waals surface area contributed by atoms with Gasteiger partial charge in [0.05, 0.1) is 0 Å². The number of rotatable bonds is 4. The maximum absolute atomic E-state index is 12.1. The van der Waals surface area contributed by atoms with Crippen molar-refractivity contribution in [1.82, 2.24) is 9.88 Å². The number of piperidine rings is 1. The quantitative estimate of drug-likeness (QED) is 0.794. The van der Waals surface area contributed by atoms with E-state index < -0.39 is 6.04 Å². The molecule has 2 aromatic carbocycles. The molecule has 3 aromatic rings. The number of benzene rings is 2. The third kappa shape index (κ3) is 3.15. The summed E-state index contributed by atoms with van der Waals surface area (Å²) in [5.41, 5.74) is 8.35. The van der Waals surface area contributed by atoms with Gasteiger partial charge in [0, 0.05) is 12.5 Å². The van der Waals surface area contributed by atoms with Crippen LogP contribution in [0.15, 0.2) is 59.0 Å². The Labute approximate surface area is 146 Å². The molecule has 1 amide bonds. The summed E-state index contributed by atoms with van der Waals surface area (Å²) >= 11 is 0. The average molecular weight is 335 g/mol. The van der Waals surface area contributed by atoms with E-state index in [2.05, 4.69) is 9.88 Å². The number of aromatic nitrogens is 1. The van der Waals surface area contributed by atoms with Crippen molar-refractivity contribution in [2.24, 2.45) is 5.73 Å². The van der Waals surface area contributed by atoms with Gasteiger partial charge in [-0.25, -0.2) is 4.98 Å². The summed E-state index contributed by atoms with van der Waals surface area (Å²) in [4.78, 5) is 18.9. The molecule has 4 rings (SSSR count). The Morgan fingerprint density at radius 3 is 2.68 bits per heavy atom. The second kappa shape index (κ2) is 6.69. The standard InChI is InChI=1S/C20H21N3O2/c21-19(24)18(14-7-2-1-3-8-14)23-12-6-9-15(13-23)20-22-16-10-4-5-11-17(16)25-20/h1-5,7-8,10-11,15,18H,6,9,12-13H2,(H2,21,24)/t15-,18-/m1/s1. The number of hydrogen-bond donors (Lipinski definition) is 1. The van der Waals surface area contributed by atoms with Gasteiger partial charge in [0.1, 0.15) is 11.6 Å². The van der Waals surface area contributed by atoms with Crippen LogP contribution in [0.1, 0.15) is 36.3 Å². The number of amides is 1. The van der Waals surface area contributed by atoms with Crippen molar-refractivity contribution in [2.45, 2.75) is 24.8 Å². The Bertz CT molecular complexity index is 842. The van der Waals surface area contributed by atoms with Crippen LogP contribution in [0.5, 0.6) is 0 Å². The molecule has 0 bridgehead atoms. The number of oxazole rings is 1. The molecule has 25 heavy (non-hydrogen) atoms. The molecule has 2 heterocycles. The summed E-state index contributed by atoms with van der Waals surface area (Å²) < 4.78 is 5.95. The normalized spacial score (nSPS) is 19.8. The summed E-state index contributed by atoms with van der Waals surface area (Å²) in [7, 11) is 0. The van der Waals surface area contributed by atoms with Crippen LogP contribution in [0.2, 0.25) is 0 Å². The lowest BCUT2D eigenvalue weighted by atomic mass is 9.94. The van der Waals surface area contributed by atoms with E-state index in [1.54, 1.807) is 0 Å². The molecule has 1 aliphatic rings. The summed E-state index contributed by atoms with van der Waals surface area (Å²) in [6, 6.07) is 17.1. The zero-order valence-electron chi connectivity index (χ0n) is 14.0. The van der Waals surface area contributed by atoms with Gasteiger partial charge < -0.3 is 10.2 Å². The van der Waals surface area contributed by atoms with E-state index in [4.69, 9.17) is 10.2 Å². The van der Waals surface area contributed by atoms with E-state index in [1.807, 2.05) is 54.6 Å². The van der Waals surface area contributed by atoms with Crippen molar-refractivity contribution in [2.75, 3.05) is 13.1 Å². The maximum Gasteiger partial charge on any atom is 0.239 e. The molecule has 2 atom stereocenters. The minimum absolute atomic E-state index is 0.173. The zero-order valence-corrected chi connectivity index (χ0v) is 14.0. The topological polar surface area (TPSA) is 72.4 Å². The highest BCUT2D eigenvalue weighted by Gasteiger charge is 2.32. The molecular weight excluding hydrogens is 314 g/mol. The van der Waals surface area contributed by atoms with Crippen LogP contribution < -0.4 is 5.73 Å². The van der Waals surface area contributed by atoms with Crippen molar-refractivity contribution >= 4 is 17.0 Å². The minimum atomic E-state index is -0.409. The molecule has 0 saturated carbocycles. The van der Waals surface area contributed by atoms with Crippen LogP contribution >= 0.6 is 0 Å². The summed E-state index contributed by atoms with van der Waals surface area (Å²) in [5, 5.41) is 0. The number of primary amides is 1. The SMILES string of the molecule is NC(=O)[C@@H](c1ccccc1)N1CCC[C@@H](c2nc3ccccc3o2)C1. The molecule has 1 aliphatic heterocycles. The number of carbonyl (C=O) groups excluding carboxylic acids is 1. The van der Waals surface area contributed by atoms with E-state index in [1.165, 1.54) is 0 Å². The molecule has 1 fully saturated rings. The Hall–Kier alpha value is -2.66. The van der Waals surface area contributed by atoms with Crippen LogP contribution in [-0.2, 0) is 4.79 Å². The van der Waals surface area contributed by atoms with Gasteiger partial charge in [-0.2, -0.15) is 0 Å². The predicted molar refractivity (Wildman–Crippen MR) is 95.9 cm³/mol. The largest absolute Gasteiger partial charge is 0.440 e. The van der Waals surface area contributed by atoms with E-state index in [0.29, 0.717) is 0 Å². The average Bonchev–Trinajstić information content (AvgIpc) is 3.07. The molecule has 1 aromatic heterocycles. The first-order valence-corrected chi connectivity index (χ1v) is 8.66. The molecule has 0 radical (unpaired) electrons. The second-order valence-electron chi connectivity index (χ2n) is 6.57. The van der Waals surface area contributed by atoms with Gasteiger partial charge in [0.2, 0.25) is 5.91 Å². The third-order valence-electron chi connectivity index (χ3n) is 4.86. The van der Waals surface area contributed by atoms with Crippen molar-refractivity contribution in [3.05, 3.63) is 66.1 Å². The third-order valence-corrected chi connectivity index (χ3v) is 4.86. The van der Waals surface area contributed by atoms with E-state index in [0.717, 1.165) is 48.5 Å². The number of nitrogens with two attached hydrogens (primary N) is 1. The van der Waals surface area contributed by atoms with Gasteiger partial charge in [0.15, 0.2) is 11.5 Å². The van der Waals surface area contributed by atoms with Crippen molar-refractivity contribution in [1.29, 1.82) is 0 Å². The smallest absolute Gasteiger partial charge is 0.239 e.